The molecule has 0 N–H and O–H groups in total. The summed E-state index contributed by atoms with van der Waals surface area (Å²) in [5, 5.41) is 0. The summed E-state index contributed by atoms with van der Waals surface area (Å²) in [6.45, 7) is 11.9. The molecule has 0 aromatic rings. The van der Waals surface area contributed by atoms with Crippen LogP contribution in [0, 0.1) is 0 Å². The molecule has 5 nitrogen and oxygen atoms in total. The molecule has 1 heterocycles. The van der Waals surface area contributed by atoms with Crippen molar-refractivity contribution in [1.82, 2.24) is 4.90 Å². The van der Waals surface area contributed by atoms with Crippen LogP contribution < -0.4 is 0 Å². The molecule has 1 amide bonds. The number of ether oxygens (including phenoxy) is 1. The third kappa shape index (κ3) is 6.19. The number of hydrogen-bond donors (Lipinski definition) is 0. The summed E-state index contributed by atoms with van der Waals surface area (Å²) in [5.41, 5.74) is -0.731. The Labute approximate surface area is 147 Å². The lowest BCUT2D eigenvalue weighted by molar-refractivity contribution is -0.503. The van der Waals surface area contributed by atoms with Gasteiger partial charge in [-0.15, -0.1) is 0 Å². The largest absolute Gasteiger partial charge is 0.344 e. The smallest absolute Gasteiger partial charge is 0.246 e. The fourth-order valence-electron chi connectivity index (χ4n) is 2.70. The van der Waals surface area contributed by atoms with Crippen LogP contribution in [0.2, 0.25) is 0 Å². The van der Waals surface area contributed by atoms with E-state index in [1.165, 1.54) is 0 Å². The first-order valence-electron chi connectivity index (χ1n) is 9.43. The zero-order valence-electron chi connectivity index (χ0n) is 16.1. The second-order valence-electron chi connectivity index (χ2n) is 6.73. The van der Waals surface area contributed by atoms with Gasteiger partial charge in [-0.3, -0.25) is 4.79 Å². The van der Waals surface area contributed by atoms with Gasteiger partial charge in [0.15, 0.2) is 0 Å². The van der Waals surface area contributed by atoms with E-state index in [1.54, 1.807) is 17.1 Å². The van der Waals surface area contributed by atoms with Gasteiger partial charge in [0.2, 0.25) is 11.7 Å². The van der Waals surface area contributed by atoms with E-state index in [1.807, 2.05) is 20.8 Å². The summed E-state index contributed by atoms with van der Waals surface area (Å²) in [5.74, 6) is -0.652. The van der Waals surface area contributed by atoms with E-state index in [0.717, 1.165) is 38.5 Å². The van der Waals surface area contributed by atoms with E-state index in [9.17, 15) is 4.79 Å². The first-order valence-corrected chi connectivity index (χ1v) is 9.43. The number of nitrogens with zero attached hydrogens (tertiary/aromatic N) is 1. The molecule has 0 radical (unpaired) electrons. The third-order valence-electron chi connectivity index (χ3n) is 4.48. The molecule has 0 bridgehead atoms. The average Bonchev–Trinajstić information content (AvgIpc) is 2.60. The van der Waals surface area contributed by atoms with Gasteiger partial charge in [-0.2, -0.15) is 0 Å². The van der Waals surface area contributed by atoms with Gasteiger partial charge in [0, 0.05) is 32.0 Å². The first kappa shape index (κ1) is 21.1. The maximum absolute atomic E-state index is 12.1. The molecule has 1 fully saturated rings. The van der Waals surface area contributed by atoms with E-state index < -0.39 is 11.4 Å². The van der Waals surface area contributed by atoms with Crippen LogP contribution in [0.15, 0.2) is 12.2 Å². The standard InChI is InChI=1S/C19H35NO4/c1-6-10-13-19(14-11-7-2)22-16-18(5,23-24-19)15-12-17(21)20(8-3)9-4/h12,15H,6-11,13-14,16H2,1-5H3/b15-12+. The van der Waals surface area contributed by atoms with Crippen LogP contribution in [0.1, 0.15) is 73.1 Å². The molecular weight excluding hydrogens is 306 g/mol. The fraction of sp³-hybridized carbons (Fsp3) is 0.842. The molecule has 1 aliphatic rings. The zero-order valence-corrected chi connectivity index (χ0v) is 16.1. The summed E-state index contributed by atoms with van der Waals surface area (Å²) in [6.07, 6.45) is 9.25. The summed E-state index contributed by atoms with van der Waals surface area (Å²) in [7, 11) is 0. The molecule has 24 heavy (non-hydrogen) atoms. The Hall–Kier alpha value is -0.910. The lowest BCUT2D eigenvalue weighted by Gasteiger charge is -2.42. The quantitative estimate of drug-likeness (QED) is 0.441. The van der Waals surface area contributed by atoms with E-state index in [2.05, 4.69) is 13.8 Å². The lowest BCUT2D eigenvalue weighted by Crippen LogP contribution is -2.50. The number of carbonyl (C=O) groups excluding carboxylic acids is 1. The van der Waals surface area contributed by atoms with Crippen molar-refractivity contribution in [3.63, 3.8) is 0 Å². The van der Waals surface area contributed by atoms with Crippen molar-refractivity contribution in [2.75, 3.05) is 19.7 Å². The minimum absolute atomic E-state index is 0.0152. The summed E-state index contributed by atoms with van der Waals surface area (Å²) in [6, 6.07) is 0. The summed E-state index contributed by atoms with van der Waals surface area (Å²) in [4.78, 5) is 25.3. The number of rotatable bonds is 10. The second kappa shape index (κ2) is 10.2. The molecule has 0 aromatic heterocycles. The van der Waals surface area contributed by atoms with Gasteiger partial charge >= 0.3 is 0 Å². The zero-order chi connectivity index (χ0) is 18.1. The SMILES string of the molecule is CCCCC1(CCCC)OCC(C)(/C=C/C(=O)N(CC)CC)OO1. The molecule has 1 unspecified atom stereocenters. The maximum Gasteiger partial charge on any atom is 0.246 e. The first-order chi connectivity index (χ1) is 11.4. The number of likely N-dealkylation sites (N-methyl/N-ethyl adjacent to an activating group) is 1. The molecule has 140 valence electrons. The minimum Gasteiger partial charge on any atom is -0.344 e. The predicted octanol–water partition coefficient (Wildman–Crippen LogP) is 4.22. The van der Waals surface area contributed by atoms with E-state index in [4.69, 9.17) is 14.5 Å². The molecule has 1 atom stereocenters. The van der Waals surface area contributed by atoms with Crippen molar-refractivity contribution >= 4 is 5.91 Å². The van der Waals surface area contributed by atoms with Crippen molar-refractivity contribution in [2.24, 2.45) is 0 Å². The molecule has 0 aromatic carbocycles. The van der Waals surface area contributed by atoms with Crippen LogP contribution in [0.25, 0.3) is 0 Å². The number of hydrogen-bond acceptors (Lipinski definition) is 4. The van der Waals surface area contributed by atoms with Crippen molar-refractivity contribution in [2.45, 2.75) is 84.5 Å². The van der Waals surface area contributed by atoms with Crippen molar-refractivity contribution in [3.8, 4) is 0 Å². The molecule has 1 aliphatic heterocycles. The molecule has 1 rings (SSSR count). The Morgan fingerprint density at radius 1 is 1.04 bits per heavy atom. The summed E-state index contributed by atoms with van der Waals surface area (Å²) < 4.78 is 6.11. The molecular formula is C19H35NO4. The van der Waals surface area contributed by atoms with Gasteiger partial charge in [-0.25, -0.2) is 9.78 Å². The van der Waals surface area contributed by atoms with Crippen LogP contribution in [-0.4, -0.2) is 41.9 Å². The number of carbonyl (C=O) groups is 1. The number of amides is 1. The lowest BCUT2D eigenvalue weighted by atomic mass is 10.0. The van der Waals surface area contributed by atoms with Crippen LogP contribution in [0.3, 0.4) is 0 Å². The van der Waals surface area contributed by atoms with Gasteiger partial charge in [0.05, 0.1) is 6.61 Å². The van der Waals surface area contributed by atoms with Gasteiger partial charge < -0.3 is 9.64 Å². The van der Waals surface area contributed by atoms with Crippen LogP contribution in [0.5, 0.6) is 0 Å². The van der Waals surface area contributed by atoms with E-state index in [-0.39, 0.29) is 5.91 Å². The highest BCUT2D eigenvalue weighted by Crippen LogP contribution is 2.35. The summed E-state index contributed by atoms with van der Waals surface area (Å²) >= 11 is 0. The number of unbranched alkanes of at least 4 members (excludes halogenated alkanes) is 2. The van der Waals surface area contributed by atoms with Crippen molar-refractivity contribution < 1.29 is 19.3 Å². The van der Waals surface area contributed by atoms with Crippen LogP contribution in [-0.2, 0) is 19.3 Å². The fourth-order valence-corrected chi connectivity index (χ4v) is 2.70. The normalized spacial score (nSPS) is 23.5. The van der Waals surface area contributed by atoms with Crippen LogP contribution in [0.4, 0.5) is 0 Å². The van der Waals surface area contributed by atoms with Crippen LogP contribution >= 0.6 is 0 Å². The van der Waals surface area contributed by atoms with Gasteiger partial charge in [0.1, 0.15) is 5.60 Å². The minimum atomic E-state index is -0.731. The van der Waals surface area contributed by atoms with Gasteiger partial charge in [0.25, 0.3) is 0 Å². The Morgan fingerprint density at radius 3 is 2.04 bits per heavy atom. The molecule has 0 aliphatic carbocycles. The van der Waals surface area contributed by atoms with Crippen molar-refractivity contribution in [1.29, 1.82) is 0 Å². The Balaban J connectivity index is 2.66. The molecule has 0 saturated carbocycles. The topological polar surface area (TPSA) is 48.0 Å². The highest BCUT2D eigenvalue weighted by molar-refractivity contribution is 5.87. The monoisotopic (exact) mass is 341 g/mol. The molecule has 1 saturated heterocycles. The third-order valence-corrected chi connectivity index (χ3v) is 4.48. The Morgan fingerprint density at radius 2 is 1.62 bits per heavy atom. The Kier molecular flexibility index (Phi) is 8.95. The highest BCUT2D eigenvalue weighted by atomic mass is 17.2. The van der Waals surface area contributed by atoms with E-state index >= 15 is 0 Å². The molecule has 5 heteroatoms. The van der Waals surface area contributed by atoms with E-state index in [0.29, 0.717) is 19.7 Å². The van der Waals surface area contributed by atoms with Gasteiger partial charge in [-0.1, -0.05) is 26.7 Å². The van der Waals surface area contributed by atoms with Gasteiger partial charge in [-0.05, 0) is 39.7 Å². The van der Waals surface area contributed by atoms with Crippen molar-refractivity contribution in [3.05, 3.63) is 12.2 Å². The Bertz CT molecular complexity index is 386. The predicted molar refractivity (Wildman–Crippen MR) is 95.4 cm³/mol. The average molecular weight is 341 g/mol. The highest BCUT2D eigenvalue weighted by Gasteiger charge is 2.42. The molecule has 0 spiro atoms. The maximum atomic E-state index is 12.1. The second-order valence-corrected chi connectivity index (χ2v) is 6.73.